The molecule has 2 N–H and O–H groups in total. The standard InChI is InChI=1S/C15H25N3/c1-11(2)14-8-13(10-16)9-15(17-14)18-7-5-4-6-12(18)3/h8-9,11-12H,4-7,10,16H2,1-3H3. The molecule has 0 aromatic carbocycles. The van der Waals surface area contributed by atoms with Crippen molar-refractivity contribution in [1.82, 2.24) is 4.98 Å². The van der Waals surface area contributed by atoms with Crippen LogP contribution in [0.5, 0.6) is 0 Å². The van der Waals surface area contributed by atoms with Crippen LogP contribution in [0.25, 0.3) is 0 Å². The molecule has 0 amide bonds. The van der Waals surface area contributed by atoms with Crippen LogP contribution in [-0.2, 0) is 6.54 Å². The third-order valence-electron chi connectivity index (χ3n) is 3.82. The van der Waals surface area contributed by atoms with Gasteiger partial charge in [0.25, 0.3) is 0 Å². The molecular weight excluding hydrogens is 222 g/mol. The summed E-state index contributed by atoms with van der Waals surface area (Å²) in [5.74, 6) is 1.57. The van der Waals surface area contributed by atoms with E-state index >= 15 is 0 Å². The maximum atomic E-state index is 5.81. The summed E-state index contributed by atoms with van der Waals surface area (Å²) >= 11 is 0. The van der Waals surface area contributed by atoms with E-state index in [9.17, 15) is 0 Å². The molecule has 1 aromatic heterocycles. The maximum Gasteiger partial charge on any atom is 0.129 e. The highest BCUT2D eigenvalue weighted by atomic mass is 15.2. The van der Waals surface area contributed by atoms with Gasteiger partial charge in [-0.25, -0.2) is 4.98 Å². The van der Waals surface area contributed by atoms with Crippen molar-refractivity contribution in [3.8, 4) is 0 Å². The van der Waals surface area contributed by atoms with E-state index in [0.717, 1.165) is 18.1 Å². The van der Waals surface area contributed by atoms with Gasteiger partial charge in [-0.1, -0.05) is 13.8 Å². The zero-order valence-corrected chi connectivity index (χ0v) is 11.8. The Kier molecular flexibility index (Phi) is 4.23. The van der Waals surface area contributed by atoms with Gasteiger partial charge in [0, 0.05) is 24.8 Å². The maximum absolute atomic E-state index is 5.81. The second kappa shape index (κ2) is 5.70. The van der Waals surface area contributed by atoms with Gasteiger partial charge in [0.2, 0.25) is 0 Å². The van der Waals surface area contributed by atoms with E-state index in [0.29, 0.717) is 18.5 Å². The molecule has 1 aliphatic rings. The molecule has 1 unspecified atom stereocenters. The Morgan fingerprint density at radius 1 is 1.39 bits per heavy atom. The van der Waals surface area contributed by atoms with Gasteiger partial charge in [-0.15, -0.1) is 0 Å². The lowest BCUT2D eigenvalue weighted by Gasteiger charge is -2.35. The first kappa shape index (κ1) is 13.3. The van der Waals surface area contributed by atoms with E-state index in [-0.39, 0.29) is 0 Å². The summed E-state index contributed by atoms with van der Waals surface area (Å²) in [6.45, 7) is 8.39. The number of nitrogens with two attached hydrogens (primary N) is 1. The van der Waals surface area contributed by atoms with Gasteiger partial charge in [-0.3, -0.25) is 0 Å². The smallest absolute Gasteiger partial charge is 0.129 e. The fourth-order valence-electron chi connectivity index (χ4n) is 2.59. The van der Waals surface area contributed by atoms with Crippen molar-refractivity contribution in [2.45, 2.75) is 58.5 Å². The number of hydrogen-bond acceptors (Lipinski definition) is 3. The second-order valence-electron chi connectivity index (χ2n) is 5.66. The fourth-order valence-corrected chi connectivity index (χ4v) is 2.59. The minimum absolute atomic E-state index is 0.454. The highest BCUT2D eigenvalue weighted by molar-refractivity contribution is 5.44. The second-order valence-corrected chi connectivity index (χ2v) is 5.66. The molecule has 18 heavy (non-hydrogen) atoms. The fraction of sp³-hybridized carbons (Fsp3) is 0.667. The summed E-state index contributed by atoms with van der Waals surface area (Å²) in [6.07, 6.45) is 3.88. The summed E-state index contributed by atoms with van der Waals surface area (Å²) < 4.78 is 0. The van der Waals surface area contributed by atoms with Gasteiger partial charge in [-0.05, 0) is 49.8 Å². The summed E-state index contributed by atoms with van der Waals surface area (Å²) in [7, 11) is 0. The van der Waals surface area contributed by atoms with Crippen molar-refractivity contribution in [2.24, 2.45) is 5.73 Å². The Hall–Kier alpha value is -1.09. The van der Waals surface area contributed by atoms with E-state index in [1.54, 1.807) is 0 Å². The number of pyridine rings is 1. The first-order valence-corrected chi connectivity index (χ1v) is 7.09. The average Bonchev–Trinajstić information content (AvgIpc) is 2.38. The molecule has 1 aliphatic heterocycles. The molecule has 3 heteroatoms. The first-order valence-electron chi connectivity index (χ1n) is 7.09. The van der Waals surface area contributed by atoms with Crippen LogP contribution in [0.4, 0.5) is 5.82 Å². The Morgan fingerprint density at radius 2 is 2.17 bits per heavy atom. The van der Waals surface area contributed by atoms with Crippen LogP contribution in [0.1, 0.15) is 57.2 Å². The number of hydrogen-bond donors (Lipinski definition) is 1. The third kappa shape index (κ3) is 2.83. The molecule has 0 radical (unpaired) electrons. The average molecular weight is 247 g/mol. The molecule has 0 bridgehead atoms. The van der Waals surface area contributed by atoms with Gasteiger partial charge in [0.1, 0.15) is 5.82 Å². The van der Waals surface area contributed by atoms with E-state index in [1.165, 1.54) is 24.8 Å². The number of anilines is 1. The predicted molar refractivity (Wildman–Crippen MR) is 76.9 cm³/mol. The molecule has 1 fully saturated rings. The van der Waals surface area contributed by atoms with Gasteiger partial charge in [0.15, 0.2) is 0 Å². The van der Waals surface area contributed by atoms with Crippen molar-refractivity contribution >= 4 is 5.82 Å². The highest BCUT2D eigenvalue weighted by Gasteiger charge is 2.20. The Bertz CT molecular complexity index is 401. The molecule has 100 valence electrons. The molecule has 2 heterocycles. The quantitative estimate of drug-likeness (QED) is 0.892. The molecule has 0 spiro atoms. The Balaban J connectivity index is 2.33. The Labute approximate surface area is 110 Å². The predicted octanol–water partition coefficient (Wildman–Crippen LogP) is 3.04. The SMILES string of the molecule is CC(C)c1cc(CN)cc(N2CCCCC2C)n1. The lowest BCUT2D eigenvalue weighted by molar-refractivity contribution is 0.480. The monoisotopic (exact) mass is 247 g/mol. The van der Waals surface area contributed by atoms with Crippen molar-refractivity contribution in [3.63, 3.8) is 0 Å². The number of nitrogens with zero attached hydrogens (tertiary/aromatic N) is 2. The summed E-state index contributed by atoms with van der Waals surface area (Å²) in [4.78, 5) is 7.26. The number of rotatable bonds is 3. The summed E-state index contributed by atoms with van der Waals surface area (Å²) in [5, 5.41) is 0. The van der Waals surface area contributed by atoms with Crippen LogP contribution in [0.3, 0.4) is 0 Å². The van der Waals surface area contributed by atoms with E-state index in [2.05, 4.69) is 37.8 Å². The molecular formula is C15H25N3. The summed E-state index contributed by atoms with van der Waals surface area (Å²) in [6, 6.07) is 4.90. The zero-order chi connectivity index (χ0) is 13.1. The molecule has 2 rings (SSSR count). The molecule has 0 aliphatic carbocycles. The highest BCUT2D eigenvalue weighted by Crippen LogP contribution is 2.26. The lowest BCUT2D eigenvalue weighted by Crippen LogP contribution is -2.38. The van der Waals surface area contributed by atoms with Crippen LogP contribution in [0, 0.1) is 0 Å². The minimum atomic E-state index is 0.454. The molecule has 1 saturated heterocycles. The molecule has 3 nitrogen and oxygen atoms in total. The van der Waals surface area contributed by atoms with E-state index in [1.807, 2.05) is 0 Å². The van der Waals surface area contributed by atoms with E-state index < -0.39 is 0 Å². The van der Waals surface area contributed by atoms with Crippen molar-refractivity contribution < 1.29 is 0 Å². The van der Waals surface area contributed by atoms with Crippen LogP contribution in [-0.4, -0.2) is 17.6 Å². The van der Waals surface area contributed by atoms with Crippen molar-refractivity contribution in [2.75, 3.05) is 11.4 Å². The summed E-state index contributed by atoms with van der Waals surface area (Å²) in [5.41, 5.74) is 8.16. The van der Waals surface area contributed by atoms with Gasteiger partial charge < -0.3 is 10.6 Å². The molecule has 1 aromatic rings. The normalized spacial score (nSPS) is 20.5. The van der Waals surface area contributed by atoms with E-state index in [4.69, 9.17) is 10.7 Å². The minimum Gasteiger partial charge on any atom is -0.354 e. The molecule has 1 atom stereocenters. The number of aromatic nitrogens is 1. The first-order chi connectivity index (χ1) is 8.61. The largest absolute Gasteiger partial charge is 0.354 e. The van der Waals surface area contributed by atoms with Crippen molar-refractivity contribution in [3.05, 3.63) is 23.4 Å². The van der Waals surface area contributed by atoms with Crippen LogP contribution in [0.15, 0.2) is 12.1 Å². The third-order valence-corrected chi connectivity index (χ3v) is 3.82. The topological polar surface area (TPSA) is 42.1 Å². The van der Waals surface area contributed by atoms with Gasteiger partial charge >= 0.3 is 0 Å². The van der Waals surface area contributed by atoms with Crippen LogP contribution in [0.2, 0.25) is 0 Å². The molecule has 0 saturated carbocycles. The van der Waals surface area contributed by atoms with Crippen LogP contribution < -0.4 is 10.6 Å². The Morgan fingerprint density at radius 3 is 2.78 bits per heavy atom. The number of piperidine rings is 1. The lowest BCUT2D eigenvalue weighted by atomic mass is 10.0. The van der Waals surface area contributed by atoms with Gasteiger partial charge in [0.05, 0.1) is 0 Å². The van der Waals surface area contributed by atoms with Crippen LogP contribution >= 0.6 is 0 Å². The van der Waals surface area contributed by atoms with Crippen molar-refractivity contribution in [1.29, 1.82) is 0 Å². The zero-order valence-electron chi connectivity index (χ0n) is 11.8. The van der Waals surface area contributed by atoms with Gasteiger partial charge in [-0.2, -0.15) is 0 Å².